The van der Waals surface area contributed by atoms with E-state index >= 15 is 0 Å². The number of ether oxygens (including phenoxy) is 1. The Morgan fingerprint density at radius 1 is 1.42 bits per heavy atom. The topological polar surface area (TPSA) is 48.6 Å². The fraction of sp³-hybridized carbons (Fsp3) is 0.550. The predicted molar refractivity (Wildman–Crippen MR) is 106 cm³/mol. The molecule has 1 aliphatic carbocycles. The van der Waals surface area contributed by atoms with Gasteiger partial charge >= 0.3 is 6.09 Å². The van der Waals surface area contributed by atoms with E-state index in [1.54, 1.807) is 14.1 Å². The number of fused-ring (bicyclic) bond motifs is 2. The summed E-state index contributed by atoms with van der Waals surface area (Å²) in [7, 11) is 5.67. The summed E-state index contributed by atoms with van der Waals surface area (Å²) in [5, 5.41) is 2.73. The first-order valence-corrected chi connectivity index (χ1v) is 10.4. The van der Waals surface area contributed by atoms with Crippen molar-refractivity contribution >= 4 is 28.8 Å². The lowest BCUT2D eigenvalue weighted by atomic mass is 9.72. The Labute approximate surface area is 159 Å². The average molecular weight is 374 g/mol. The molecule has 4 rings (SSSR count). The highest BCUT2D eigenvalue weighted by atomic mass is 32.2. The molecule has 2 aromatic rings. The van der Waals surface area contributed by atoms with Crippen molar-refractivity contribution in [1.29, 1.82) is 0 Å². The van der Waals surface area contributed by atoms with Crippen molar-refractivity contribution in [2.45, 2.75) is 29.8 Å². The molecule has 1 fully saturated rings. The number of amides is 1. The fourth-order valence-electron chi connectivity index (χ4n) is 4.72. The van der Waals surface area contributed by atoms with Crippen molar-refractivity contribution in [3.63, 3.8) is 0 Å². The Balaban J connectivity index is 1.63. The number of rotatable bonds is 3. The largest absolute Gasteiger partial charge is 0.449 e. The molecule has 6 heteroatoms. The molecule has 0 saturated carbocycles. The van der Waals surface area contributed by atoms with Gasteiger partial charge in [-0.15, -0.1) is 11.8 Å². The van der Waals surface area contributed by atoms with Gasteiger partial charge in [-0.1, -0.05) is 12.1 Å². The summed E-state index contributed by atoms with van der Waals surface area (Å²) < 4.78 is 5.49. The molecule has 1 unspecified atom stereocenters. The Morgan fingerprint density at radius 2 is 2.23 bits per heavy atom. The molecule has 140 valence electrons. The molecule has 0 bridgehead atoms. The zero-order valence-corrected chi connectivity index (χ0v) is 16.7. The molecular weight excluding hydrogens is 346 g/mol. The molecule has 0 spiro atoms. The molecule has 2 aliphatic rings. The second-order valence-corrected chi connectivity index (χ2v) is 8.61. The number of nitrogens with one attached hydrogen (secondary N) is 1. The number of thioether (sulfide) groups is 1. The Bertz CT molecular complexity index is 832. The van der Waals surface area contributed by atoms with Crippen LogP contribution >= 0.6 is 11.8 Å². The lowest BCUT2D eigenvalue weighted by molar-refractivity contribution is 0.0526. The van der Waals surface area contributed by atoms with E-state index < -0.39 is 0 Å². The van der Waals surface area contributed by atoms with Gasteiger partial charge < -0.3 is 19.5 Å². The highest BCUT2D eigenvalue weighted by Crippen LogP contribution is 2.46. The lowest BCUT2D eigenvalue weighted by Crippen LogP contribution is -2.49. The number of hydrogen-bond acceptors (Lipinski definition) is 4. The van der Waals surface area contributed by atoms with Crippen LogP contribution in [-0.2, 0) is 11.2 Å². The normalized spacial score (nSPS) is 25.2. The van der Waals surface area contributed by atoms with Gasteiger partial charge in [0, 0.05) is 49.4 Å². The van der Waals surface area contributed by atoms with E-state index in [2.05, 4.69) is 41.4 Å². The first-order chi connectivity index (χ1) is 12.5. The van der Waals surface area contributed by atoms with Gasteiger partial charge in [0.25, 0.3) is 0 Å². The van der Waals surface area contributed by atoms with E-state index in [9.17, 15) is 4.79 Å². The van der Waals surface area contributed by atoms with Crippen LogP contribution in [0.1, 0.15) is 23.5 Å². The highest BCUT2D eigenvalue weighted by molar-refractivity contribution is 7.98. The van der Waals surface area contributed by atoms with E-state index in [1.807, 2.05) is 11.8 Å². The fourth-order valence-corrected chi connectivity index (χ4v) is 5.37. The zero-order valence-electron chi connectivity index (χ0n) is 15.9. The molecule has 1 N–H and O–H groups in total. The standard InChI is InChI=1S/C20H27N3O2S/c1-22(2)20(24)25-11-12-8-14-13-6-5-7-16-18(13)15(19(21-16)26-4)9-17(14)23(3)10-12/h5-7,12,14,17,21H,8-11H2,1-4H3/t12?,14-,17-/m0/s1. The van der Waals surface area contributed by atoms with Gasteiger partial charge in [0.05, 0.1) is 11.6 Å². The molecule has 1 aromatic carbocycles. The van der Waals surface area contributed by atoms with Crippen molar-refractivity contribution in [2.24, 2.45) is 5.92 Å². The number of nitrogens with zero attached hydrogens (tertiary/aromatic N) is 2. The van der Waals surface area contributed by atoms with Crippen LogP contribution < -0.4 is 0 Å². The third kappa shape index (κ3) is 2.89. The van der Waals surface area contributed by atoms with Gasteiger partial charge in [0.15, 0.2) is 0 Å². The number of hydrogen-bond donors (Lipinski definition) is 1. The molecule has 5 nitrogen and oxygen atoms in total. The second-order valence-electron chi connectivity index (χ2n) is 7.80. The van der Waals surface area contributed by atoms with Crippen LogP contribution in [0, 0.1) is 5.92 Å². The van der Waals surface area contributed by atoms with Crippen molar-refractivity contribution in [3.8, 4) is 0 Å². The van der Waals surface area contributed by atoms with Crippen LogP contribution in [0.15, 0.2) is 23.2 Å². The first-order valence-electron chi connectivity index (χ1n) is 9.21. The maximum atomic E-state index is 11.8. The van der Waals surface area contributed by atoms with Crippen LogP contribution in [-0.4, -0.2) is 67.5 Å². The molecule has 1 saturated heterocycles. The van der Waals surface area contributed by atoms with Gasteiger partial charge in [-0.2, -0.15) is 0 Å². The molecule has 1 aliphatic heterocycles. The lowest BCUT2D eigenvalue weighted by Gasteiger charge is -2.45. The summed E-state index contributed by atoms with van der Waals surface area (Å²) in [5.41, 5.74) is 4.19. The Kier molecular flexibility index (Phi) is 4.65. The number of likely N-dealkylation sites (N-methyl/N-ethyl adjacent to an activating group) is 1. The maximum absolute atomic E-state index is 11.8. The van der Waals surface area contributed by atoms with Gasteiger partial charge in [-0.3, -0.25) is 0 Å². The number of carbonyl (C=O) groups is 1. The van der Waals surface area contributed by atoms with Crippen molar-refractivity contribution in [1.82, 2.24) is 14.8 Å². The third-order valence-corrected chi connectivity index (χ3v) is 6.67. The number of carbonyl (C=O) groups excluding carboxylic acids is 1. The molecule has 1 amide bonds. The SMILES string of the molecule is CSc1[nH]c2cccc3c2c1C[C@H]1[C@H]3CC(COC(=O)N(C)C)CN1C. The number of H-pyrrole nitrogens is 1. The van der Waals surface area contributed by atoms with E-state index in [0.717, 1.165) is 19.4 Å². The molecular formula is C20H27N3O2S. The van der Waals surface area contributed by atoms with Crippen LogP contribution in [0.5, 0.6) is 0 Å². The van der Waals surface area contributed by atoms with Crippen molar-refractivity contribution < 1.29 is 9.53 Å². The minimum atomic E-state index is -0.252. The predicted octanol–water partition coefficient (Wildman–Crippen LogP) is 3.55. The molecule has 2 heterocycles. The van der Waals surface area contributed by atoms with Crippen molar-refractivity contribution in [2.75, 3.05) is 40.6 Å². The number of aromatic amines is 1. The van der Waals surface area contributed by atoms with Gasteiger partial charge in [-0.25, -0.2) is 4.79 Å². The molecule has 1 aromatic heterocycles. The Hall–Kier alpha value is -1.66. The first kappa shape index (κ1) is 17.7. The Morgan fingerprint density at radius 3 is 2.96 bits per heavy atom. The second kappa shape index (κ2) is 6.82. The van der Waals surface area contributed by atoms with E-state index in [1.165, 1.54) is 32.0 Å². The smallest absolute Gasteiger partial charge is 0.409 e. The summed E-state index contributed by atoms with van der Waals surface area (Å²) >= 11 is 1.81. The van der Waals surface area contributed by atoms with Crippen molar-refractivity contribution in [3.05, 3.63) is 29.3 Å². The van der Waals surface area contributed by atoms with Crippen LogP contribution in [0.4, 0.5) is 4.79 Å². The van der Waals surface area contributed by atoms with Crippen LogP contribution in [0.2, 0.25) is 0 Å². The molecule has 0 radical (unpaired) electrons. The number of piperidine rings is 1. The minimum Gasteiger partial charge on any atom is -0.449 e. The minimum absolute atomic E-state index is 0.252. The van der Waals surface area contributed by atoms with Gasteiger partial charge in [0.1, 0.15) is 0 Å². The summed E-state index contributed by atoms with van der Waals surface area (Å²) in [6.07, 6.45) is 4.07. The number of benzene rings is 1. The van der Waals surface area contributed by atoms with Crippen LogP contribution in [0.25, 0.3) is 10.9 Å². The summed E-state index contributed by atoms with van der Waals surface area (Å²) in [5.74, 6) is 0.874. The maximum Gasteiger partial charge on any atom is 0.409 e. The summed E-state index contributed by atoms with van der Waals surface area (Å²) in [6.45, 7) is 1.48. The van der Waals surface area contributed by atoms with Crippen LogP contribution in [0.3, 0.4) is 0 Å². The number of aromatic nitrogens is 1. The highest BCUT2D eigenvalue weighted by Gasteiger charge is 2.40. The summed E-state index contributed by atoms with van der Waals surface area (Å²) in [4.78, 5) is 19.4. The quantitative estimate of drug-likeness (QED) is 0.836. The van der Waals surface area contributed by atoms with Gasteiger partial charge in [0.2, 0.25) is 0 Å². The van der Waals surface area contributed by atoms with E-state index in [4.69, 9.17) is 4.74 Å². The van der Waals surface area contributed by atoms with Gasteiger partial charge in [-0.05, 0) is 43.3 Å². The molecule has 3 atom stereocenters. The van der Waals surface area contributed by atoms with E-state index in [-0.39, 0.29) is 6.09 Å². The monoisotopic (exact) mass is 373 g/mol. The summed E-state index contributed by atoms with van der Waals surface area (Å²) in [6, 6.07) is 7.17. The third-order valence-electron chi connectivity index (χ3n) is 5.91. The van der Waals surface area contributed by atoms with E-state index in [0.29, 0.717) is 24.5 Å². The zero-order chi connectivity index (χ0) is 18.4. The number of likely N-dealkylation sites (tertiary alicyclic amines) is 1. The molecule has 26 heavy (non-hydrogen) atoms. The average Bonchev–Trinajstić information content (AvgIpc) is 2.99.